The van der Waals surface area contributed by atoms with E-state index < -0.39 is 0 Å². The number of fused-ring (bicyclic) bond motifs is 5. The van der Waals surface area contributed by atoms with Crippen LogP contribution in [0.4, 0.5) is 0 Å². The van der Waals surface area contributed by atoms with Gasteiger partial charge in [0.15, 0.2) is 5.58 Å². The molecule has 7 aromatic carbocycles. The average molecular weight is 843 g/mol. The molecule has 0 aliphatic heterocycles. The molecule has 0 N–H and O–H groups in total. The van der Waals surface area contributed by atoms with Crippen molar-refractivity contribution in [2.24, 2.45) is 0 Å². The molecule has 0 atom stereocenters. The van der Waals surface area contributed by atoms with E-state index in [2.05, 4.69) is 168 Å². The molecule has 4 heteroatoms. The van der Waals surface area contributed by atoms with Gasteiger partial charge in [0.05, 0.1) is 16.2 Å². The topological polar surface area (TPSA) is 60.4 Å². The fourth-order valence-electron chi connectivity index (χ4n) is 8.89. The van der Waals surface area contributed by atoms with E-state index in [1.54, 1.807) is 12.1 Å². The maximum absolute atomic E-state index is 14.8. The molecule has 322 valence electrons. The minimum atomic E-state index is -0.244. The molecule has 0 unspecified atom stereocenters. The molecular formula is C60H58O4. The van der Waals surface area contributed by atoms with Crippen LogP contribution in [0.5, 0.6) is 0 Å². The summed E-state index contributed by atoms with van der Waals surface area (Å²) in [7, 11) is 0. The van der Waals surface area contributed by atoms with Crippen LogP contribution in [0.15, 0.2) is 152 Å². The molecule has 0 spiro atoms. The van der Waals surface area contributed by atoms with Gasteiger partial charge in [-0.15, -0.1) is 0 Å². The predicted molar refractivity (Wildman–Crippen MR) is 270 cm³/mol. The summed E-state index contributed by atoms with van der Waals surface area (Å²) in [4.78, 5) is 29.4. The molecule has 0 saturated carbocycles. The van der Waals surface area contributed by atoms with Gasteiger partial charge in [0.25, 0.3) is 0 Å². The molecule has 2 aromatic heterocycles. The van der Waals surface area contributed by atoms with E-state index >= 15 is 0 Å². The molecular weight excluding hydrogens is 785 g/mol. The van der Waals surface area contributed by atoms with Gasteiger partial charge in [0.1, 0.15) is 22.1 Å². The van der Waals surface area contributed by atoms with Crippen LogP contribution >= 0.6 is 0 Å². The van der Waals surface area contributed by atoms with Gasteiger partial charge in [0.2, 0.25) is 10.9 Å². The lowest BCUT2D eigenvalue weighted by Gasteiger charge is -2.23. The summed E-state index contributed by atoms with van der Waals surface area (Å²) in [5.74, 6) is 0. The van der Waals surface area contributed by atoms with E-state index in [1.807, 2.05) is 36.4 Å². The van der Waals surface area contributed by atoms with Crippen LogP contribution in [0, 0.1) is 0 Å². The van der Waals surface area contributed by atoms with E-state index in [4.69, 9.17) is 8.83 Å². The van der Waals surface area contributed by atoms with Crippen LogP contribution in [0.25, 0.3) is 88.4 Å². The molecule has 4 nitrogen and oxygen atoms in total. The highest BCUT2D eigenvalue weighted by Crippen LogP contribution is 2.41. The smallest absolute Gasteiger partial charge is 0.204 e. The van der Waals surface area contributed by atoms with Crippen molar-refractivity contribution in [2.45, 2.75) is 105 Å². The quantitative estimate of drug-likeness (QED) is 0.131. The Labute approximate surface area is 376 Å². The fraction of sp³-hybridized carbons (Fsp3) is 0.267. The third-order valence-electron chi connectivity index (χ3n) is 13.0. The maximum atomic E-state index is 14.8. The van der Waals surface area contributed by atoms with Crippen LogP contribution < -0.4 is 10.9 Å². The van der Waals surface area contributed by atoms with Gasteiger partial charge in [-0.05, 0) is 125 Å². The third kappa shape index (κ3) is 7.67. The molecule has 0 bridgehead atoms. The second-order valence-corrected chi connectivity index (χ2v) is 21.8. The molecule has 9 aromatic rings. The van der Waals surface area contributed by atoms with E-state index in [1.165, 1.54) is 22.3 Å². The molecule has 64 heavy (non-hydrogen) atoms. The number of hydrogen-bond donors (Lipinski definition) is 0. The van der Waals surface area contributed by atoms with Gasteiger partial charge in [0, 0.05) is 0 Å². The average Bonchev–Trinajstić information content (AvgIpc) is 3.24. The minimum Gasteiger partial charge on any atom is -0.456 e. The van der Waals surface area contributed by atoms with Gasteiger partial charge in [-0.25, -0.2) is 0 Å². The van der Waals surface area contributed by atoms with Gasteiger partial charge in [-0.3, -0.25) is 9.59 Å². The molecule has 0 aliphatic carbocycles. The standard InChI is InChI=1S/C60H58O4/c1-57(2,3)39-19-13-35(14-20-39)43-25-23-41(59(7,8)9)33-46(43)37-18-29-51-48(31-37)54(61)45-27-30-52-53(56(45)64-51)55(62)49-32-38(17-28-50(49)63-52)47-34-42(60(10,11)12)24-26-44(47)36-15-21-40(22-16-36)58(4,5)6/h13-34H,1-12H3. The normalized spacial score (nSPS) is 12.8. The van der Waals surface area contributed by atoms with Crippen LogP contribution in [-0.4, -0.2) is 0 Å². The van der Waals surface area contributed by atoms with Crippen molar-refractivity contribution in [1.82, 2.24) is 0 Å². The van der Waals surface area contributed by atoms with Gasteiger partial charge >= 0.3 is 0 Å². The Balaban J connectivity index is 1.20. The molecule has 0 amide bonds. The lowest BCUT2D eigenvalue weighted by molar-refractivity contribution is 0.590. The van der Waals surface area contributed by atoms with Crippen molar-refractivity contribution in [1.29, 1.82) is 0 Å². The highest BCUT2D eigenvalue weighted by molar-refractivity contribution is 6.08. The van der Waals surface area contributed by atoms with Crippen molar-refractivity contribution in [2.75, 3.05) is 0 Å². The first-order valence-electron chi connectivity index (χ1n) is 22.5. The SMILES string of the molecule is CC(C)(C)c1ccc(-c2ccc(C(C)(C)C)cc2-c2ccc3oc4c(ccc5oc6ccc(-c7cc(C(C)(C)C)ccc7-c7ccc(C(C)(C)C)cc7)cc6c(=O)c54)c(=O)c3c2)cc1. The lowest BCUT2D eigenvalue weighted by atomic mass is 9.82. The van der Waals surface area contributed by atoms with Crippen LogP contribution in [0.3, 0.4) is 0 Å². The third-order valence-corrected chi connectivity index (χ3v) is 13.0. The van der Waals surface area contributed by atoms with Crippen molar-refractivity contribution in [3.63, 3.8) is 0 Å². The molecule has 0 saturated heterocycles. The maximum Gasteiger partial charge on any atom is 0.204 e. The zero-order valence-electron chi connectivity index (χ0n) is 39.3. The van der Waals surface area contributed by atoms with E-state index in [-0.39, 0.29) is 43.5 Å². The second kappa shape index (κ2) is 15.0. The molecule has 0 aliphatic rings. The van der Waals surface area contributed by atoms with Crippen molar-refractivity contribution in [3.8, 4) is 44.5 Å². The Morgan fingerprint density at radius 3 is 1.12 bits per heavy atom. The molecule has 9 rings (SSSR count). The number of rotatable bonds is 4. The van der Waals surface area contributed by atoms with Crippen LogP contribution in [-0.2, 0) is 21.7 Å². The summed E-state index contributed by atoms with van der Waals surface area (Å²) in [6, 6.07) is 46.0. The molecule has 2 heterocycles. The van der Waals surface area contributed by atoms with Crippen LogP contribution in [0.1, 0.15) is 105 Å². The number of hydrogen-bond acceptors (Lipinski definition) is 4. The highest BCUT2D eigenvalue weighted by Gasteiger charge is 2.23. The summed E-state index contributed by atoms with van der Waals surface area (Å²) in [6.07, 6.45) is 0. The summed E-state index contributed by atoms with van der Waals surface area (Å²) in [5.41, 5.74) is 14.1. The second-order valence-electron chi connectivity index (χ2n) is 21.8. The Kier molecular flexibility index (Phi) is 10.1. The van der Waals surface area contributed by atoms with Crippen molar-refractivity contribution in [3.05, 3.63) is 176 Å². The highest BCUT2D eigenvalue weighted by atomic mass is 16.3. The van der Waals surface area contributed by atoms with E-state index in [0.29, 0.717) is 32.9 Å². The van der Waals surface area contributed by atoms with E-state index in [0.717, 1.165) is 44.5 Å². The summed E-state index contributed by atoms with van der Waals surface area (Å²) >= 11 is 0. The first-order valence-corrected chi connectivity index (χ1v) is 22.5. The van der Waals surface area contributed by atoms with Gasteiger partial charge in [-0.2, -0.15) is 0 Å². The summed E-state index contributed by atoms with van der Waals surface area (Å²) in [5, 5.41) is 1.46. The first kappa shape index (κ1) is 42.8. The fourth-order valence-corrected chi connectivity index (χ4v) is 8.89. The predicted octanol–water partition coefficient (Wildman–Crippen LogP) is 16.1. The Morgan fingerprint density at radius 1 is 0.312 bits per heavy atom. The van der Waals surface area contributed by atoms with Crippen LogP contribution in [0.2, 0.25) is 0 Å². The first-order chi connectivity index (χ1) is 30.1. The van der Waals surface area contributed by atoms with Crippen molar-refractivity contribution < 1.29 is 8.83 Å². The van der Waals surface area contributed by atoms with Gasteiger partial charge in [-0.1, -0.05) is 180 Å². The van der Waals surface area contributed by atoms with Gasteiger partial charge < -0.3 is 8.83 Å². The minimum absolute atomic E-state index is 0.0353. The zero-order chi connectivity index (χ0) is 45.7. The Hall–Kier alpha value is -6.52. The van der Waals surface area contributed by atoms with Crippen molar-refractivity contribution >= 4 is 43.9 Å². The van der Waals surface area contributed by atoms with E-state index in [9.17, 15) is 9.59 Å². The lowest BCUT2D eigenvalue weighted by Crippen LogP contribution is -2.11. The Bertz CT molecular complexity index is 3420. The largest absolute Gasteiger partial charge is 0.456 e. The Morgan fingerprint density at radius 2 is 0.688 bits per heavy atom. The molecule has 0 fully saturated rings. The summed E-state index contributed by atoms with van der Waals surface area (Å²) in [6.45, 7) is 26.6. The monoisotopic (exact) mass is 842 g/mol. The molecule has 0 radical (unpaired) electrons. The number of benzene rings is 7. The summed E-state index contributed by atoms with van der Waals surface area (Å²) < 4.78 is 13.1. The zero-order valence-corrected chi connectivity index (χ0v) is 39.3.